The van der Waals surface area contributed by atoms with Crippen molar-refractivity contribution in [2.24, 2.45) is 0 Å². The fourth-order valence-electron chi connectivity index (χ4n) is 1.71. The molecule has 0 aliphatic carbocycles. The van der Waals surface area contributed by atoms with Crippen LogP contribution in [0.4, 0.5) is 0 Å². The Labute approximate surface area is 86.0 Å². The highest BCUT2D eigenvalue weighted by molar-refractivity contribution is 7.99. The van der Waals surface area contributed by atoms with Gasteiger partial charge in [-0.1, -0.05) is 6.92 Å². The average molecular weight is 203 g/mol. The largest absolute Gasteiger partial charge is 0.376 e. The molecule has 1 fully saturated rings. The van der Waals surface area contributed by atoms with E-state index < -0.39 is 0 Å². The highest BCUT2D eigenvalue weighted by atomic mass is 32.2. The van der Waals surface area contributed by atoms with Gasteiger partial charge in [-0.05, 0) is 20.1 Å². The summed E-state index contributed by atoms with van der Waals surface area (Å²) in [5, 5.41) is 0.713. The maximum atomic E-state index is 5.52. The standard InChI is InChI=1S/C10H21NOS/c1-8-7-11(5-6-12-8)9(2)10(3)13-4/h8-10H,5-7H2,1-4H3/t8-,9-,10?/m0/s1. The average Bonchev–Trinajstić information content (AvgIpc) is 2.15. The molecule has 78 valence electrons. The van der Waals surface area contributed by atoms with E-state index in [1.165, 1.54) is 0 Å². The van der Waals surface area contributed by atoms with E-state index in [0.717, 1.165) is 19.7 Å². The molecule has 1 aliphatic heterocycles. The Morgan fingerprint density at radius 2 is 2.15 bits per heavy atom. The minimum atomic E-state index is 0.408. The monoisotopic (exact) mass is 203 g/mol. The molecular weight excluding hydrogens is 182 g/mol. The van der Waals surface area contributed by atoms with Crippen molar-refractivity contribution in [3.05, 3.63) is 0 Å². The minimum absolute atomic E-state index is 0.408. The summed E-state index contributed by atoms with van der Waals surface area (Å²) in [6, 6.07) is 0.668. The van der Waals surface area contributed by atoms with Crippen molar-refractivity contribution in [2.75, 3.05) is 26.0 Å². The second-order valence-corrected chi connectivity index (χ2v) is 5.07. The first-order chi connectivity index (χ1) is 6.15. The van der Waals surface area contributed by atoms with Gasteiger partial charge >= 0.3 is 0 Å². The molecule has 0 amide bonds. The van der Waals surface area contributed by atoms with E-state index in [-0.39, 0.29) is 0 Å². The van der Waals surface area contributed by atoms with E-state index in [2.05, 4.69) is 31.9 Å². The van der Waals surface area contributed by atoms with Crippen LogP contribution in [0, 0.1) is 0 Å². The fraction of sp³-hybridized carbons (Fsp3) is 1.00. The highest BCUT2D eigenvalue weighted by Gasteiger charge is 2.24. The molecule has 1 saturated heterocycles. The van der Waals surface area contributed by atoms with Crippen LogP contribution in [0.5, 0.6) is 0 Å². The van der Waals surface area contributed by atoms with Gasteiger partial charge in [0.25, 0.3) is 0 Å². The van der Waals surface area contributed by atoms with Crippen LogP contribution in [0.2, 0.25) is 0 Å². The first-order valence-corrected chi connectivity index (χ1v) is 6.32. The predicted molar refractivity (Wildman–Crippen MR) is 59.4 cm³/mol. The molecule has 0 spiro atoms. The van der Waals surface area contributed by atoms with Crippen molar-refractivity contribution in [1.29, 1.82) is 0 Å². The van der Waals surface area contributed by atoms with E-state index in [9.17, 15) is 0 Å². The number of rotatable bonds is 3. The molecular formula is C10H21NOS. The van der Waals surface area contributed by atoms with Crippen LogP contribution in [0.3, 0.4) is 0 Å². The van der Waals surface area contributed by atoms with Crippen LogP contribution < -0.4 is 0 Å². The van der Waals surface area contributed by atoms with Crippen molar-refractivity contribution in [3.8, 4) is 0 Å². The lowest BCUT2D eigenvalue weighted by atomic mass is 10.2. The molecule has 1 rings (SSSR count). The molecule has 0 bridgehead atoms. The first kappa shape index (κ1) is 11.3. The molecule has 1 unspecified atom stereocenters. The van der Waals surface area contributed by atoms with Crippen LogP contribution in [-0.4, -0.2) is 48.2 Å². The van der Waals surface area contributed by atoms with Crippen LogP contribution >= 0.6 is 11.8 Å². The lowest BCUT2D eigenvalue weighted by Crippen LogP contribution is -2.48. The Hall–Kier alpha value is 0.270. The molecule has 0 N–H and O–H groups in total. The molecule has 0 aromatic heterocycles. The smallest absolute Gasteiger partial charge is 0.0674 e. The number of hydrogen-bond donors (Lipinski definition) is 0. The van der Waals surface area contributed by atoms with Crippen molar-refractivity contribution in [2.45, 2.75) is 38.2 Å². The van der Waals surface area contributed by atoms with Crippen molar-refractivity contribution >= 4 is 11.8 Å². The maximum Gasteiger partial charge on any atom is 0.0674 e. The lowest BCUT2D eigenvalue weighted by Gasteiger charge is -2.37. The third kappa shape index (κ3) is 3.15. The normalized spacial score (nSPS) is 30.0. The second-order valence-electron chi connectivity index (χ2n) is 3.86. The molecule has 0 aromatic carbocycles. The summed E-state index contributed by atoms with van der Waals surface area (Å²) in [6.45, 7) is 9.85. The molecule has 1 aliphatic rings. The van der Waals surface area contributed by atoms with Gasteiger partial charge in [-0.2, -0.15) is 11.8 Å². The van der Waals surface area contributed by atoms with Crippen LogP contribution in [0.25, 0.3) is 0 Å². The molecule has 0 radical (unpaired) electrons. The zero-order chi connectivity index (χ0) is 9.84. The maximum absolute atomic E-state index is 5.52. The van der Waals surface area contributed by atoms with Gasteiger partial charge in [0.15, 0.2) is 0 Å². The summed E-state index contributed by atoms with van der Waals surface area (Å²) in [7, 11) is 0. The van der Waals surface area contributed by atoms with E-state index in [1.807, 2.05) is 11.8 Å². The molecule has 0 aromatic rings. The Morgan fingerprint density at radius 1 is 1.46 bits per heavy atom. The van der Waals surface area contributed by atoms with Crippen LogP contribution in [-0.2, 0) is 4.74 Å². The van der Waals surface area contributed by atoms with Crippen LogP contribution in [0.1, 0.15) is 20.8 Å². The molecule has 13 heavy (non-hydrogen) atoms. The van der Waals surface area contributed by atoms with Crippen molar-refractivity contribution < 1.29 is 4.74 Å². The Balaban J connectivity index is 2.41. The summed E-state index contributed by atoms with van der Waals surface area (Å²) < 4.78 is 5.52. The fourth-order valence-corrected chi connectivity index (χ4v) is 2.28. The molecule has 0 saturated carbocycles. The minimum Gasteiger partial charge on any atom is -0.376 e. The van der Waals surface area contributed by atoms with Gasteiger partial charge in [0.05, 0.1) is 12.7 Å². The third-order valence-corrected chi connectivity index (χ3v) is 4.04. The zero-order valence-electron chi connectivity index (χ0n) is 9.12. The summed E-state index contributed by atoms with van der Waals surface area (Å²) >= 11 is 1.95. The topological polar surface area (TPSA) is 12.5 Å². The summed E-state index contributed by atoms with van der Waals surface area (Å²) in [6.07, 6.45) is 2.59. The van der Waals surface area contributed by atoms with Gasteiger partial charge in [-0.15, -0.1) is 0 Å². The van der Waals surface area contributed by atoms with E-state index in [1.54, 1.807) is 0 Å². The van der Waals surface area contributed by atoms with E-state index in [0.29, 0.717) is 17.4 Å². The van der Waals surface area contributed by atoms with E-state index >= 15 is 0 Å². The Bertz CT molecular complexity index is 154. The number of ether oxygens (including phenoxy) is 1. The number of thioether (sulfide) groups is 1. The summed E-state index contributed by atoms with van der Waals surface area (Å²) in [5.74, 6) is 0. The van der Waals surface area contributed by atoms with Gasteiger partial charge in [0, 0.05) is 24.4 Å². The number of morpholine rings is 1. The SMILES string of the molecule is CSC(C)[C@H](C)N1CCO[C@@H](C)C1. The quantitative estimate of drug-likeness (QED) is 0.694. The third-order valence-electron chi connectivity index (χ3n) is 2.90. The molecule has 3 atom stereocenters. The van der Waals surface area contributed by atoms with Crippen LogP contribution in [0.15, 0.2) is 0 Å². The number of nitrogens with zero attached hydrogens (tertiary/aromatic N) is 1. The van der Waals surface area contributed by atoms with Crippen molar-refractivity contribution in [1.82, 2.24) is 4.90 Å². The molecule has 3 heteroatoms. The van der Waals surface area contributed by atoms with E-state index in [4.69, 9.17) is 4.74 Å². The highest BCUT2D eigenvalue weighted by Crippen LogP contribution is 2.18. The van der Waals surface area contributed by atoms with Gasteiger partial charge in [0.2, 0.25) is 0 Å². The first-order valence-electron chi connectivity index (χ1n) is 5.03. The lowest BCUT2D eigenvalue weighted by molar-refractivity contribution is -0.0310. The van der Waals surface area contributed by atoms with Gasteiger partial charge in [-0.25, -0.2) is 0 Å². The van der Waals surface area contributed by atoms with Gasteiger partial charge in [-0.3, -0.25) is 4.90 Å². The van der Waals surface area contributed by atoms with Gasteiger partial charge < -0.3 is 4.74 Å². The Morgan fingerprint density at radius 3 is 2.69 bits per heavy atom. The Kier molecular flexibility index (Phi) is 4.56. The predicted octanol–water partition coefficient (Wildman–Crippen LogP) is 1.85. The zero-order valence-corrected chi connectivity index (χ0v) is 9.93. The van der Waals surface area contributed by atoms with Gasteiger partial charge in [0.1, 0.15) is 0 Å². The summed E-state index contributed by atoms with van der Waals surface area (Å²) in [4.78, 5) is 2.54. The van der Waals surface area contributed by atoms with Crippen molar-refractivity contribution in [3.63, 3.8) is 0 Å². The summed E-state index contributed by atoms with van der Waals surface area (Å²) in [5.41, 5.74) is 0. The second kappa shape index (κ2) is 5.23. The molecule has 2 nitrogen and oxygen atoms in total. The number of hydrogen-bond acceptors (Lipinski definition) is 3. The molecule has 1 heterocycles.